The van der Waals surface area contributed by atoms with E-state index >= 15 is 0 Å². The van der Waals surface area contributed by atoms with Gasteiger partial charge in [-0.25, -0.2) is 4.98 Å². The summed E-state index contributed by atoms with van der Waals surface area (Å²) in [6.45, 7) is 3.34. The van der Waals surface area contributed by atoms with Gasteiger partial charge in [0, 0.05) is 22.1 Å². The molecule has 0 spiro atoms. The van der Waals surface area contributed by atoms with Gasteiger partial charge in [0.05, 0.1) is 38.9 Å². The average Bonchev–Trinajstić information content (AvgIpc) is 3.24. The number of hydrogen-bond acceptors (Lipinski definition) is 6. The van der Waals surface area contributed by atoms with Crippen LogP contribution in [0.4, 0.5) is 0 Å². The van der Waals surface area contributed by atoms with Crippen molar-refractivity contribution in [3.63, 3.8) is 0 Å². The van der Waals surface area contributed by atoms with Crippen molar-refractivity contribution in [3.8, 4) is 34.4 Å². The Morgan fingerprint density at radius 1 is 0.944 bits per heavy atom. The Hall–Kier alpha value is -3.23. The predicted molar refractivity (Wildman–Crippen MR) is 147 cm³/mol. The second kappa shape index (κ2) is 11.2. The second-order valence-corrected chi connectivity index (χ2v) is 9.66. The first-order valence-corrected chi connectivity index (χ1v) is 12.5. The number of aromatic nitrogens is 2. The van der Waals surface area contributed by atoms with Gasteiger partial charge < -0.3 is 28.4 Å². The van der Waals surface area contributed by atoms with E-state index in [0.717, 1.165) is 38.2 Å². The van der Waals surface area contributed by atoms with Crippen LogP contribution >= 0.6 is 15.9 Å². The molecule has 8 heteroatoms. The molecule has 0 amide bonds. The summed E-state index contributed by atoms with van der Waals surface area (Å²) in [7, 11) is 8.93. The molecule has 190 valence electrons. The molecule has 4 rings (SSSR count). The van der Waals surface area contributed by atoms with Gasteiger partial charge in [0.2, 0.25) is 5.75 Å². The minimum absolute atomic E-state index is 0.292. The van der Waals surface area contributed by atoms with E-state index in [1.54, 1.807) is 21.3 Å². The molecule has 0 saturated carbocycles. The third-order valence-corrected chi connectivity index (χ3v) is 7.08. The Kier molecular flexibility index (Phi) is 8.06. The molecule has 1 unspecified atom stereocenters. The Labute approximate surface area is 220 Å². The molecular formula is C28H32BrN3O4. The number of ether oxygens (including phenoxy) is 4. The maximum atomic E-state index is 6.14. The summed E-state index contributed by atoms with van der Waals surface area (Å²) in [4.78, 5) is 7.15. The number of rotatable bonds is 10. The summed E-state index contributed by atoms with van der Waals surface area (Å²) < 4.78 is 26.1. The highest BCUT2D eigenvalue weighted by molar-refractivity contribution is 9.10. The molecule has 4 aromatic rings. The quantitative estimate of drug-likeness (QED) is 0.245. The van der Waals surface area contributed by atoms with E-state index in [1.165, 1.54) is 0 Å². The lowest BCUT2D eigenvalue weighted by Gasteiger charge is -2.20. The highest BCUT2D eigenvalue weighted by atomic mass is 79.9. The lowest BCUT2D eigenvalue weighted by atomic mass is 10.1. The minimum atomic E-state index is 0.292. The Bertz CT molecular complexity index is 1330. The van der Waals surface area contributed by atoms with Crippen molar-refractivity contribution in [2.24, 2.45) is 0 Å². The van der Waals surface area contributed by atoms with Crippen molar-refractivity contribution >= 4 is 27.0 Å². The van der Waals surface area contributed by atoms with Crippen molar-refractivity contribution in [1.82, 2.24) is 14.5 Å². The molecule has 0 radical (unpaired) electrons. The summed E-state index contributed by atoms with van der Waals surface area (Å²) in [5.74, 6) is 3.30. The Morgan fingerprint density at radius 2 is 1.64 bits per heavy atom. The predicted octanol–water partition coefficient (Wildman–Crippen LogP) is 5.87. The summed E-state index contributed by atoms with van der Waals surface area (Å²) in [6, 6.07) is 18.4. The Balaban J connectivity index is 1.87. The van der Waals surface area contributed by atoms with E-state index in [4.69, 9.17) is 23.9 Å². The van der Waals surface area contributed by atoms with Gasteiger partial charge in [-0.15, -0.1) is 0 Å². The van der Waals surface area contributed by atoms with Crippen LogP contribution < -0.4 is 18.9 Å². The van der Waals surface area contributed by atoms with E-state index in [2.05, 4.69) is 44.5 Å². The molecule has 7 nitrogen and oxygen atoms in total. The van der Waals surface area contributed by atoms with Crippen LogP contribution in [0, 0.1) is 0 Å². The fraction of sp³-hybridized carbons (Fsp3) is 0.321. The van der Waals surface area contributed by atoms with Crippen LogP contribution in [0.5, 0.6) is 23.0 Å². The van der Waals surface area contributed by atoms with Crippen LogP contribution in [-0.2, 0) is 6.54 Å². The maximum absolute atomic E-state index is 6.14. The third kappa shape index (κ3) is 5.29. The van der Waals surface area contributed by atoms with E-state index in [1.807, 2.05) is 56.6 Å². The van der Waals surface area contributed by atoms with Gasteiger partial charge in [-0.1, -0.05) is 34.1 Å². The van der Waals surface area contributed by atoms with Gasteiger partial charge in [0.15, 0.2) is 11.5 Å². The van der Waals surface area contributed by atoms with E-state index < -0.39 is 0 Å². The smallest absolute Gasteiger partial charge is 0.203 e. The number of likely N-dealkylation sites (N-methyl/N-ethyl adjacent to an activating group) is 1. The number of nitrogens with zero attached hydrogens (tertiary/aromatic N) is 3. The fourth-order valence-electron chi connectivity index (χ4n) is 3.95. The molecule has 0 aliphatic heterocycles. The molecule has 0 saturated heterocycles. The summed E-state index contributed by atoms with van der Waals surface area (Å²) >= 11 is 3.70. The molecule has 1 heterocycles. The zero-order chi connectivity index (χ0) is 25.8. The van der Waals surface area contributed by atoms with Crippen molar-refractivity contribution in [3.05, 3.63) is 64.6 Å². The molecule has 36 heavy (non-hydrogen) atoms. The van der Waals surface area contributed by atoms with Gasteiger partial charge in [0.1, 0.15) is 18.2 Å². The van der Waals surface area contributed by atoms with Crippen molar-refractivity contribution in [2.75, 3.05) is 42.0 Å². The largest absolute Gasteiger partial charge is 0.493 e. The van der Waals surface area contributed by atoms with Gasteiger partial charge in [-0.05, 0) is 56.9 Å². The van der Waals surface area contributed by atoms with Crippen LogP contribution in [-0.4, -0.2) is 62.5 Å². The zero-order valence-electron chi connectivity index (χ0n) is 21.5. The SMILES string of the molecule is COc1cc(-c2nc3ccc(OCC(C)N(C)C)cc3n2Cc2ccccc2Br)cc(OC)c1OC. The van der Waals surface area contributed by atoms with Gasteiger partial charge in [-0.3, -0.25) is 0 Å². The molecular weight excluding hydrogens is 522 g/mol. The number of imidazole rings is 1. The first-order chi connectivity index (χ1) is 17.4. The van der Waals surface area contributed by atoms with Crippen LogP contribution in [0.1, 0.15) is 12.5 Å². The van der Waals surface area contributed by atoms with Crippen LogP contribution in [0.3, 0.4) is 0 Å². The highest BCUT2D eigenvalue weighted by Gasteiger charge is 2.20. The van der Waals surface area contributed by atoms with Gasteiger partial charge in [-0.2, -0.15) is 0 Å². The molecule has 0 aliphatic rings. The molecule has 1 atom stereocenters. The number of benzene rings is 3. The molecule has 0 aliphatic carbocycles. The minimum Gasteiger partial charge on any atom is -0.493 e. The topological polar surface area (TPSA) is 58.0 Å². The summed E-state index contributed by atoms with van der Waals surface area (Å²) in [5, 5.41) is 0. The first kappa shape index (κ1) is 25.9. The fourth-order valence-corrected chi connectivity index (χ4v) is 4.36. The number of hydrogen-bond donors (Lipinski definition) is 0. The van der Waals surface area contributed by atoms with Gasteiger partial charge >= 0.3 is 0 Å². The average molecular weight is 554 g/mol. The van der Waals surface area contributed by atoms with Crippen molar-refractivity contribution in [1.29, 1.82) is 0 Å². The standard InChI is InChI=1S/C28H32BrN3O4/c1-18(31(2)3)17-36-21-11-12-23-24(15-21)32(16-19-9-7-8-10-22(19)29)28(30-23)20-13-25(33-4)27(35-6)26(14-20)34-5/h7-15,18H,16-17H2,1-6H3. The van der Waals surface area contributed by atoms with Crippen LogP contribution in [0.2, 0.25) is 0 Å². The first-order valence-electron chi connectivity index (χ1n) is 11.7. The van der Waals surface area contributed by atoms with Crippen LogP contribution in [0.25, 0.3) is 22.4 Å². The number of methoxy groups -OCH3 is 3. The number of fused-ring (bicyclic) bond motifs is 1. The lowest BCUT2D eigenvalue weighted by molar-refractivity contribution is 0.198. The van der Waals surface area contributed by atoms with Gasteiger partial charge in [0.25, 0.3) is 0 Å². The molecule has 0 fully saturated rings. The van der Waals surface area contributed by atoms with E-state index in [-0.39, 0.29) is 0 Å². The highest BCUT2D eigenvalue weighted by Crippen LogP contribution is 2.42. The normalized spacial score (nSPS) is 12.1. The third-order valence-electron chi connectivity index (χ3n) is 6.30. The lowest BCUT2D eigenvalue weighted by Crippen LogP contribution is -2.30. The number of halogens is 1. The summed E-state index contributed by atoms with van der Waals surface area (Å²) in [6.07, 6.45) is 0. The van der Waals surface area contributed by atoms with Crippen molar-refractivity contribution < 1.29 is 18.9 Å². The monoisotopic (exact) mass is 553 g/mol. The Morgan fingerprint density at radius 3 is 2.25 bits per heavy atom. The molecule has 1 aromatic heterocycles. The molecule has 3 aromatic carbocycles. The van der Waals surface area contributed by atoms with E-state index in [0.29, 0.717) is 36.4 Å². The van der Waals surface area contributed by atoms with Crippen LogP contribution in [0.15, 0.2) is 59.1 Å². The second-order valence-electron chi connectivity index (χ2n) is 8.80. The maximum Gasteiger partial charge on any atom is 0.203 e. The molecule has 0 N–H and O–H groups in total. The summed E-state index contributed by atoms with van der Waals surface area (Å²) in [5.41, 5.74) is 3.85. The molecule has 0 bridgehead atoms. The zero-order valence-corrected chi connectivity index (χ0v) is 23.1. The van der Waals surface area contributed by atoms with Crippen molar-refractivity contribution in [2.45, 2.75) is 19.5 Å². The van der Waals surface area contributed by atoms with E-state index in [9.17, 15) is 0 Å².